The van der Waals surface area contributed by atoms with E-state index in [0.29, 0.717) is 11.3 Å². The zero-order chi connectivity index (χ0) is 14.4. The zero-order valence-electron chi connectivity index (χ0n) is 11.3. The monoisotopic (exact) mass is 271 g/mol. The number of pyridine rings is 1. The second-order valence-corrected chi connectivity index (χ2v) is 4.33. The Bertz CT molecular complexity index is 585. The molecule has 5 nitrogen and oxygen atoms in total. The molecule has 0 amide bonds. The maximum absolute atomic E-state index is 11.4. The summed E-state index contributed by atoms with van der Waals surface area (Å²) in [5.74, 6) is -0.390. The molecule has 1 aromatic heterocycles. The molecule has 20 heavy (non-hydrogen) atoms. The molecular weight excluding hydrogens is 254 g/mol. The van der Waals surface area contributed by atoms with Gasteiger partial charge in [-0.05, 0) is 36.2 Å². The first-order chi connectivity index (χ1) is 9.70. The van der Waals surface area contributed by atoms with E-state index in [1.165, 1.54) is 7.11 Å². The summed E-state index contributed by atoms with van der Waals surface area (Å²) >= 11 is 0. The summed E-state index contributed by atoms with van der Waals surface area (Å²) in [6.45, 7) is 0.744. The van der Waals surface area contributed by atoms with Gasteiger partial charge in [-0.3, -0.25) is 4.98 Å². The van der Waals surface area contributed by atoms with E-state index in [2.05, 4.69) is 15.0 Å². The first-order valence-electron chi connectivity index (χ1n) is 6.31. The number of benzene rings is 1. The summed E-state index contributed by atoms with van der Waals surface area (Å²) in [6, 6.07) is 9.02. The number of anilines is 2. The predicted molar refractivity (Wildman–Crippen MR) is 78.6 cm³/mol. The minimum atomic E-state index is -0.390. The topological polar surface area (TPSA) is 77.2 Å². The van der Waals surface area contributed by atoms with Crippen LogP contribution < -0.4 is 11.1 Å². The van der Waals surface area contributed by atoms with Crippen LogP contribution in [0.5, 0.6) is 0 Å². The number of nitrogen functional groups attached to an aromatic ring is 1. The van der Waals surface area contributed by atoms with Crippen molar-refractivity contribution >= 4 is 17.3 Å². The molecule has 0 aliphatic carbocycles. The number of nitrogens with one attached hydrogen (secondary N) is 1. The Labute approximate surface area is 117 Å². The second-order valence-electron chi connectivity index (χ2n) is 4.33. The average Bonchev–Trinajstić information content (AvgIpc) is 2.49. The Morgan fingerprint density at radius 3 is 2.90 bits per heavy atom. The fraction of sp³-hybridized carbons (Fsp3) is 0.200. The highest BCUT2D eigenvalue weighted by atomic mass is 16.5. The maximum atomic E-state index is 11.4. The Morgan fingerprint density at radius 1 is 1.40 bits per heavy atom. The lowest BCUT2D eigenvalue weighted by Crippen LogP contribution is -2.08. The van der Waals surface area contributed by atoms with Gasteiger partial charge in [-0.15, -0.1) is 0 Å². The van der Waals surface area contributed by atoms with Crippen molar-refractivity contribution in [2.24, 2.45) is 0 Å². The third kappa shape index (κ3) is 3.47. The van der Waals surface area contributed by atoms with E-state index in [9.17, 15) is 4.79 Å². The van der Waals surface area contributed by atoms with Crippen molar-refractivity contribution in [2.75, 3.05) is 24.7 Å². The first-order valence-corrected chi connectivity index (χ1v) is 6.31. The van der Waals surface area contributed by atoms with Crippen LogP contribution >= 0.6 is 0 Å². The van der Waals surface area contributed by atoms with E-state index in [1.807, 2.05) is 18.3 Å². The third-order valence-corrected chi connectivity index (χ3v) is 2.92. The van der Waals surface area contributed by atoms with Crippen LogP contribution in [0.3, 0.4) is 0 Å². The highest BCUT2D eigenvalue weighted by Gasteiger charge is 2.07. The Morgan fingerprint density at radius 2 is 2.25 bits per heavy atom. The van der Waals surface area contributed by atoms with Crippen LogP contribution in [0.15, 0.2) is 42.7 Å². The standard InChI is InChI=1S/C15H17N3O2/c1-20-15(19)12-4-5-14(13(16)9-12)18-8-6-11-3-2-7-17-10-11/h2-5,7,9-10,18H,6,8,16H2,1H3. The van der Waals surface area contributed by atoms with Crippen LogP contribution in [0, 0.1) is 0 Å². The van der Waals surface area contributed by atoms with Gasteiger partial charge in [0, 0.05) is 18.9 Å². The summed E-state index contributed by atoms with van der Waals surface area (Å²) < 4.78 is 4.65. The van der Waals surface area contributed by atoms with Crippen LogP contribution in [0.2, 0.25) is 0 Å². The lowest BCUT2D eigenvalue weighted by atomic mass is 10.1. The van der Waals surface area contributed by atoms with Crippen LogP contribution in [-0.4, -0.2) is 24.6 Å². The summed E-state index contributed by atoms with van der Waals surface area (Å²) in [5, 5.41) is 3.24. The van der Waals surface area contributed by atoms with Crippen molar-refractivity contribution in [2.45, 2.75) is 6.42 Å². The fourth-order valence-corrected chi connectivity index (χ4v) is 1.86. The molecule has 1 heterocycles. The smallest absolute Gasteiger partial charge is 0.337 e. The molecule has 2 rings (SSSR count). The van der Waals surface area contributed by atoms with Gasteiger partial charge in [0.15, 0.2) is 0 Å². The molecule has 0 aliphatic heterocycles. The number of hydrogen-bond acceptors (Lipinski definition) is 5. The van der Waals surface area contributed by atoms with Gasteiger partial charge >= 0.3 is 5.97 Å². The number of nitrogens with two attached hydrogens (primary N) is 1. The van der Waals surface area contributed by atoms with Gasteiger partial charge in [0.05, 0.1) is 24.0 Å². The summed E-state index contributed by atoms with van der Waals surface area (Å²) in [7, 11) is 1.35. The van der Waals surface area contributed by atoms with Gasteiger partial charge in [0.2, 0.25) is 0 Å². The summed E-state index contributed by atoms with van der Waals surface area (Å²) in [4.78, 5) is 15.4. The number of carbonyl (C=O) groups excluding carboxylic acids is 1. The first kappa shape index (κ1) is 13.9. The molecule has 0 radical (unpaired) electrons. The predicted octanol–water partition coefficient (Wildman–Crippen LogP) is 2.10. The van der Waals surface area contributed by atoms with Gasteiger partial charge < -0.3 is 15.8 Å². The molecule has 5 heteroatoms. The van der Waals surface area contributed by atoms with Crippen LogP contribution in [0.25, 0.3) is 0 Å². The Hall–Kier alpha value is -2.56. The molecule has 0 spiro atoms. The van der Waals surface area contributed by atoms with Crippen molar-refractivity contribution in [3.8, 4) is 0 Å². The van der Waals surface area contributed by atoms with Gasteiger partial charge in [-0.2, -0.15) is 0 Å². The molecule has 2 aromatic rings. The molecular formula is C15H17N3O2. The Kier molecular flexibility index (Phi) is 4.55. The van der Waals surface area contributed by atoms with E-state index in [4.69, 9.17) is 5.73 Å². The minimum absolute atomic E-state index is 0.390. The van der Waals surface area contributed by atoms with Crippen molar-refractivity contribution in [1.29, 1.82) is 0 Å². The maximum Gasteiger partial charge on any atom is 0.337 e. The van der Waals surface area contributed by atoms with Crippen LogP contribution in [0.1, 0.15) is 15.9 Å². The second kappa shape index (κ2) is 6.56. The van der Waals surface area contributed by atoms with Gasteiger partial charge in [0.1, 0.15) is 0 Å². The van der Waals surface area contributed by atoms with Crippen molar-refractivity contribution in [3.05, 3.63) is 53.9 Å². The highest BCUT2D eigenvalue weighted by molar-refractivity contribution is 5.91. The van der Waals surface area contributed by atoms with E-state index >= 15 is 0 Å². The quantitative estimate of drug-likeness (QED) is 0.643. The number of aromatic nitrogens is 1. The number of hydrogen-bond donors (Lipinski definition) is 2. The van der Waals surface area contributed by atoms with E-state index in [0.717, 1.165) is 24.2 Å². The third-order valence-electron chi connectivity index (χ3n) is 2.92. The minimum Gasteiger partial charge on any atom is -0.465 e. The molecule has 104 valence electrons. The Balaban J connectivity index is 1.95. The van der Waals surface area contributed by atoms with Crippen molar-refractivity contribution in [1.82, 2.24) is 4.98 Å². The molecule has 0 aliphatic rings. The van der Waals surface area contributed by atoms with E-state index in [-0.39, 0.29) is 0 Å². The molecule has 1 aromatic carbocycles. The summed E-state index contributed by atoms with van der Waals surface area (Å²) in [6.07, 6.45) is 4.44. The molecule has 0 atom stereocenters. The van der Waals surface area contributed by atoms with Gasteiger partial charge in [0.25, 0.3) is 0 Å². The number of esters is 1. The molecule has 0 saturated heterocycles. The number of methoxy groups -OCH3 is 1. The van der Waals surface area contributed by atoms with Crippen molar-refractivity contribution in [3.63, 3.8) is 0 Å². The molecule has 0 fully saturated rings. The fourth-order valence-electron chi connectivity index (χ4n) is 1.86. The lowest BCUT2D eigenvalue weighted by Gasteiger charge is -2.10. The van der Waals surface area contributed by atoms with Crippen LogP contribution in [0.4, 0.5) is 11.4 Å². The number of carbonyl (C=O) groups is 1. The number of ether oxygens (including phenoxy) is 1. The summed E-state index contributed by atoms with van der Waals surface area (Å²) in [5.41, 5.74) is 8.85. The van der Waals surface area contributed by atoms with Gasteiger partial charge in [-0.1, -0.05) is 6.07 Å². The largest absolute Gasteiger partial charge is 0.465 e. The SMILES string of the molecule is COC(=O)c1ccc(NCCc2cccnc2)c(N)c1. The molecule has 3 N–H and O–H groups in total. The highest BCUT2D eigenvalue weighted by Crippen LogP contribution is 2.20. The molecule has 0 saturated carbocycles. The zero-order valence-corrected chi connectivity index (χ0v) is 11.3. The van der Waals surface area contributed by atoms with Crippen molar-refractivity contribution < 1.29 is 9.53 Å². The normalized spacial score (nSPS) is 10.1. The average molecular weight is 271 g/mol. The van der Waals surface area contributed by atoms with E-state index < -0.39 is 5.97 Å². The lowest BCUT2D eigenvalue weighted by molar-refractivity contribution is 0.0601. The van der Waals surface area contributed by atoms with E-state index in [1.54, 1.807) is 24.4 Å². The number of rotatable bonds is 5. The number of nitrogens with zero attached hydrogens (tertiary/aromatic N) is 1. The van der Waals surface area contributed by atoms with Gasteiger partial charge in [-0.25, -0.2) is 4.79 Å². The van der Waals surface area contributed by atoms with Crippen LogP contribution in [-0.2, 0) is 11.2 Å². The molecule has 0 bridgehead atoms. The molecule has 0 unspecified atom stereocenters.